The number of aromatic nitrogens is 1. The monoisotopic (exact) mass is 525 g/mol. The first kappa shape index (κ1) is 25.7. The van der Waals surface area contributed by atoms with Crippen molar-refractivity contribution in [3.8, 4) is 5.75 Å². The summed E-state index contributed by atoms with van der Waals surface area (Å²) in [5.41, 5.74) is 2.13. The number of benzene rings is 1. The summed E-state index contributed by atoms with van der Waals surface area (Å²) in [6.07, 6.45) is 2.44. The lowest BCUT2D eigenvalue weighted by molar-refractivity contribution is -0.128. The maximum absolute atomic E-state index is 12.3. The first-order chi connectivity index (χ1) is 14.0. The van der Waals surface area contributed by atoms with Crippen LogP contribution >= 0.6 is 24.0 Å². The second kappa shape index (κ2) is 13.8. The minimum absolute atomic E-state index is 0. The third kappa shape index (κ3) is 9.43. The predicted molar refractivity (Wildman–Crippen MR) is 132 cm³/mol. The van der Waals surface area contributed by atoms with E-state index >= 15 is 0 Å². The van der Waals surface area contributed by atoms with E-state index in [0.717, 1.165) is 23.4 Å². The summed E-state index contributed by atoms with van der Waals surface area (Å²) in [4.78, 5) is 22.5. The number of aryl methyl sites for hydroxylation is 1. The van der Waals surface area contributed by atoms with Crippen LogP contribution in [0.25, 0.3) is 0 Å². The Bertz CT molecular complexity index is 801. The van der Waals surface area contributed by atoms with Crippen molar-refractivity contribution in [2.45, 2.75) is 26.4 Å². The van der Waals surface area contributed by atoms with Gasteiger partial charge in [0.25, 0.3) is 0 Å². The molecule has 0 radical (unpaired) electrons. The number of ether oxygens (including phenoxy) is 1. The van der Waals surface area contributed by atoms with Gasteiger partial charge in [-0.1, -0.05) is 18.2 Å². The number of nitrogens with zero attached hydrogens (tertiary/aromatic N) is 3. The smallest absolute Gasteiger partial charge is 0.241 e. The van der Waals surface area contributed by atoms with Crippen LogP contribution in [-0.4, -0.2) is 61.6 Å². The highest BCUT2D eigenvalue weighted by Gasteiger charge is 2.11. The molecule has 7 nitrogen and oxygen atoms in total. The number of amides is 1. The molecule has 1 atom stereocenters. The van der Waals surface area contributed by atoms with Gasteiger partial charge in [-0.05, 0) is 43.7 Å². The third-order valence-electron chi connectivity index (χ3n) is 4.37. The molecular weight excluding hydrogens is 493 g/mol. The number of likely N-dealkylation sites (N-methyl/N-ethyl adjacent to an activating group) is 1. The van der Waals surface area contributed by atoms with Crippen LogP contribution in [0.15, 0.2) is 53.7 Å². The van der Waals surface area contributed by atoms with Gasteiger partial charge in [0.1, 0.15) is 11.9 Å². The molecule has 1 unspecified atom stereocenters. The fourth-order valence-corrected chi connectivity index (χ4v) is 2.67. The molecule has 1 aromatic heterocycles. The van der Waals surface area contributed by atoms with Crippen LogP contribution in [-0.2, 0) is 11.2 Å². The molecule has 0 aliphatic rings. The topological polar surface area (TPSA) is 78.9 Å². The van der Waals surface area contributed by atoms with Crippen molar-refractivity contribution in [3.05, 3.63) is 59.9 Å². The second-order valence-corrected chi connectivity index (χ2v) is 6.94. The lowest BCUT2D eigenvalue weighted by Crippen LogP contribution is -2.46. The maximum atomic E-state index is 12.3. The average molecular weight is 525 g/mol. The number of guanidine groups is 1. The number of hydrogen-bond acceptors (Lipinski definition) is 4. The van der Waals surface area contributed by atoms with Gasteiger partial charge in [-0.2, -0.15) is 0 Å². The molecule has 0 aliphatic heterocycles. The number of nitrogens with one attached hydrogen (secondary N) is 2. The summed E-state index contributed by atoms with van der Waals surface area (Å²) in [6.45, 7) is 5.37. The number of aliphatic imine (C=N–C) groups is 1. The highest BCUT2D eigenvalue weighted by atomic mass is 127. The van der Waals surface area contributed by atoms with Crippen LogP contribution in [0.3, 0.4) is 0 Å². The van der Waals surface area contributed by atoms with E-state index in [1.165, 1.54) is 0 Å². The highest BCUT2D eigenvalue weighted by molar-refractivity contribution is 14.0. The number of carbonyl (C=O) groups is 1. The van der Waals surface area contributed by atoms with Crippen LogP contribution in [0.4, 0.5) is 0 Å². The first-order valence-electron chi connectivity index (χ1n) is 9.79. The second-order valence-electron chi connectivity index (χ2n) is 6.94. The molecule has 2 aromatic rings. The molecule has 1 heterocycles. The van der Waals surface area contributed by atoms with Gasteiger partial charge in [-0.15, -0.1) is 24.0 Å². The maximum Gasteiger partial charge on any atom is 0.241 e. The van der Waals surface area contributed by atoms with E-state index in [4.69, 9.17) is 4.74 Å². The van der Waals surface area contributed by atoms with Gasteiger partial charge in [0.2, 0.25) is 5.91 Å². The zero-order valence-corrected chi connectivity index (χ0v) is 20.4. The Morgan fingerprint density at radius 1 is 1.23 bits per heavy atom. The molecule has 8 heteroatoms. The predicted octanol–water partition coefficient (Wildman–Crippen LogP) is 2.64. The Morgan fingerprint density at radius 2 is 2.03 bits per heavy atom. The van der Waals surface area contributed by atoms with E-state index < -0.39 is 0 Å². The zero-order valence-electron chi connectivity index (χ0n) is 18.1. The van der Waals surface area contributed by atoms with Gasteiger partial charge in [0.15, 0.2) is 5.96 Å². The van der Waals surface area contributed by atoms with Crippen LogP contribution in [0.2, 0.25) is 0 Å². The summed E-state index contributed by atoms with van der Waals surface area (Å²) >= 11 is 0. The molecule has 1 amide bonds. The quantitative estimate of drug-likeness (QED) is 0.299. The van der Waals surface area contributed by atoms with Crippen molar-refractivity contribution in [1.29, 1.82) is 0 Å². The van der Waals surface area contributed by atoms with E-state index in [1.54, 1.807) is 25.2 Å². The van der Waals surface area contributed by atoms with E-state index in [2.05, 4.69) is 20.6 Å². The van der Waals surface area contributed by atoms with Crippen molar-refractivity contribution >= 4 is 35.8 Å². The number of rotatable bonds is 9. The fourth-order valence-electron chi connectivity index (χ4n) is 2.67. The van der Waals surface area contributed by atoms with Gasteiger partial charge in [0, 0.05) is 39.0 Å². The number of hydrogen-bond donors (Lipinski definition) is 2. The Hall–Kier alpha value is -2.36. The van der Waals surface area contributed by atoms with Gasteiger partial charge in [0.05, 0.1) is 13.1 Å². The van der Waals surface area contributed by atoms with Crippen molar-refractivity contribution in [2.24, 2.45) is 4.99 Å². The molecule has 0 bridgehead atoms. The van der Waals surface area contributed by atoms with Crippen LogP contribution in [0, 0.1) is 6.92 Å². The van der Waals surface area contributed by atoms with E-state index in [-0.39, 0.29) is 42.5 Å². The van der Waals surface area contributed by atoms with Gasteiger partial charge in [-0.3, -0.25) is 14.8 Å². The van der Waals surface area contributed by atoms with Gasteiger partial charge < -0.3 is 20.3 Å². The summed E-state index contributed by atoms with van der Waals surface area (Å²) in [7, 11) is 3.47. The molecular formula is C22H32IN5O2. The van der Waals surface area contributed by atoms with Crippen molar-refractivity contribution in [1.82, 2.24) is 20.5 Å². The van der Waals surface area contributed by atoms with Crippen molar-refractivity contribution in [2.75, 3.05) is 33.7 Å². The number of carbonyl (C=O) groups excluding carboxylic acids is 1. The minimum Gasteiger partial charge on any atom is -0.489 e. The summed E-state index contributed by atoms with van der Waals surface area (Å²) in [5, 5.41) is 6.24. The summed E-state index contributed by atoms with van der Waals surface area (Å²) < 4.78 is 5.90. The molecule has 164 valence electrons. The molecule has 2 rings (SSSR count). The fraction of sp³-hybridized carbons (Fsp3) is 0.409. The Morgan fingerprint density at radius 3 is 2.70 bits per heavy atom. The molecule has 2 N–H and O–H groups in total. The largest absolute Gasteiger partial charge is 0.489 e. The lowest BCUT2D eigenvalue weighted by atomic mass is 10.2. The average Bonchev–Trinajstić information content (AvgIpc) is 2.72. The third-order valence-corrected chi connectivity index (χ3v) is 4.37. The van der Waals surface area contributed by atoms with Crippen LogP contribution in [0.1, 0.15) is 18.2 Å². The standard InChI is InChI=1S/C22H31N5O2.HI/c1-17-8-7-10-20(14-17)29-18(2)15-25-22(23-3)26-16-21(28)27(4)13-11-19-9-5-6-12-24-19;/h5-10,12,14,18H,11,13,15-16H2,1-4H3,(H2,23,25,26);1H. The van der Waals surface area contributed by atoms with E-state index in [0.29, 0.717) is 19.0 Å². The van der Waals surface area contributed by atoms with Gasteiger partial charge in [-0.25, -0.2) is 0 Å². The lowest BCUT2D eigenvalue weighted by Gasteiger charge is -2.20. The molecule has 30 heavy (non-hydrogen) atoms. The number of halogens is 1. The van der Waals surface area contributed by atoms with Crippen LogP contribution in [0.5, 0.6) is 5.75 Å². The van der Waals surface area contributed by atoms with E-state index in [9.17, 15) is 4.79 Å². The SMILES string of the molecule is CN=C(NCC(=O)N(C)CCc1ccccn1)NCC(C)Oc1cccc(C)c1.I. The Kier molecular flexibility index (Phi) is 11.8. The van der Waals surface area contributed by atoms with Crippen molar-refractivity contribution < 1.29 is 9.53 Å². The molecule has 0 saturated carbocycles. The summed E-state index contributed by atoms with van der Waals surface area (Å²) in [6, 6.07) is 13.7. The zero-order chi connectivity index (χ0) is 21.1. The Labute approximate surface area is 196 Å². The minimum atomic E-state index is -0.0490. The normalized spacial score (nSPS) is 11.8. The van der Waals surface area contributed by atoms with Crippen molar-refractivity contribution in [3.63, 3.8) is 0 Å². The highest BCUT2D eigenvalue weighted by Crippen LogP contribution is 2.13. The summed E-state index contributed by atoms with van der Waals surface area (Å²) in [5.74, 6) is 1.40. The molecule has 0 saturated heterocycles. The Balaban J connectivity index is 0.00000450. The van der Waals surface area contributed by atoms with E-state index in [1.807, 2.05) is 56.3 Å². The first-order valence-corrected chi connectivity index (χ1v) is 9.79. The molecule has 0 fully saturated rings. The molecule has 0 spiro atoms. The number of pyridine rings is 1. The van der Waals surface area contributed by atoms with Gasteiger partial charge >= 0.3 is 0 Å². The van der Waals surface area contributed by atoms with Crippen LogP contribution < -0.4 is 15.4 Å². The molecule has 0 aliphatic carbocycles. The molecule has 1 aromatic carbocycles.